The normalized spacial score (nSPS) is 17.4. The van der Waals surface area contributed by atoms with Crippen molar-refractivity contribution in [1.29, 1.82) is 0 Å². The molecule has 1 aromatic heterocycles. The molecule has 0 radical (unpaired) electrons. The molecule has 0 aliphatic carbocycles. The van der Waals surface area contributed by atoms with Crippen LogP contribution in [0.5, 0.6) is 0 Å². The zero-order chi connectivity index (χ0) is 21.3. The molecule has 0 spiro atoms. The van der Waals surface area contributed by atoms with Crippen LogP contribution in [-0.2, 0) is 21.2 Å². The van der Waals surface area contributed by atoms with Gasteiger partial charge in [0.25, 0.3) is 0 Å². The molecule has 1 N–H and O–H groups in total. The molecular formula is C22H21ClN2O3S2. The van der Waals surface area contributed by atoms with Crippen molar-refractivity contribution in [3.05, 3.63) is 87.1 Å². The monoisotopic (exact) mass is 460 g/mol. The van der Waals surface area contributed by atoms with Gasteiger partial charge in [0.05, 0.1) is 17.0 Å². The third-order valence-electron chi connectivity index (χ3n) is 5.19. The molecule has 8 heteroatoms. The number of halogens is 1. The maximum atomic E-state index is 13.4. The summed E-state index contributed by atoms with van der Waals surface area (Å²) >= 11 is 7.54. The predicted octanol–water partition coefficient (Wildman–Crippen LogP) is 4.24. The lowest BCUT2D eigenvalue weighted by atomic mass is 9.93. The van der Waals surface area contributed by atoms with E-state index in [1.54, 1.807) is 23.2 Å². The summed E-state index contributed by atoms with van der Waals surface area (Å²) in [5.41, 5.74) is 2.12. The highest BCUT2D eigenvalue weighted by atomic mass is 35.5. The summed E-state index contributed by atoms with van der Waals surface area (Å²) in [6, 6.07) is 16.6. The smallest absolute Gasteiger partial charge is 0.241 e. The van der Waals surface area contributed by atoms with Crippen LogP contribution in [-0.4, -0.2) is 31.8 Å². The molecule has 0 fully saturated rings. The van der Waals surface area contributed by atoms with Gasteiger partial charge in [-0.2, -0.15) is 4.72 Å². The van der Waals surface area contributed by atoms with Gasteiger partial charge in [-0.15, -0.1) is 11.3 Å². The predicted molar refractivity (Wildman–Crippen MR) is 119 cm³/mol. The molecule has 2 aromatic carbocycles. The highest BCUT2D eigenvalue weighted by Gasteiger charge is 2.35. The Morgan fingerprint density at radius 3 is 2.53 bits per heavy atom. The van der Waals surface area contributed by atoms with E-state index in [2.05, 4.69) is 10.8 Å². The first-order valence-electron chi connectivity index (χ1n) is 9.56. The van der Waals surface area contributed by atoms with Crippen molar-refractivity contribution < 1.29 is 13.2 Å². The highest BCUT2D eigenvalue weighted by Crippen LogP contribution is 2.38. The van der Waals surface area contributed by atoms with E-state index in [0.29, 0.717) is 11.6 Å². The van der Waals surface area contributed by atoms with Gasteiger partial charge in [0, 0.05) is 16.4 Å². The minimum atomic E-state index is -3.85. The van der Waals surface area contributed by atoms with Crippen LogP contribution in [0.15, 0.2) is 70.9 Å². The first-order valence-corrected chi connectivity index (χ1v) is 12.3. The fraction of sp³-hybridized carbons (Fsp3) is 0.227. The molecule has 0 saturated carbocycles. The number of rotatable bonds is 5. The van der Waals surface area contributed by atoms with Gasteiger partial charge in [-0.25, -0.2) is 8.42 Å². The van der Waals surface area contributed by atoms with Gasteiger partial charge in [0.1, 0.15) is 0 Å². The first-order chi connectivity index (χ1) is 14.4. The second-order valence-corrected chi connectivity index (χ2v) is 10.3. The fourth-order valence-electron chi connectivity index (χ4n) is 3.76. The average Bonchev–Trinajstić information content (AvgIpc) is 3.22. The number of sulfonamides is 1. The van der Waals surface area contributed by atoms with Gasteiger partial charge in [-0.1, -0.05) is 41.9 Å². The SMILES string of the molecule is C[C@H](NS(=O)(=O)c1ccc(Cl)cc1)C(=O)N1CCc2sccc2C1c1ccccc1. The van der Waals surface area contributed by atoms with Crippen LogP contribution < -0.4 is 4.72 Å². The van der Waals surface area contributed by atoms with Crippen LogP contribution in [0, 0.1) is 0 Å². The van der Waals surface area contributed by atoms with Crippen LogP contribution >= 0.6 is 22.9 Å². The quantitative estimate of drug-likeness (QED) is 0.619. The van der Waals surface area contributed by atoms with Crippen molar-refractivity contribution in [2.75, 3.05) is 6.54 Å². The maximum Gasteiger partial charge on any atom is 0.241 e. The van der Waals surface area contributed by atoms with Gasteiger partial charge in [-0.05, 0) is 60.2 Å². The summed E-state index contributed by atoms with van der Waals surface area (Å²) in [4.78, 5) is 16.5. The van der Waals surface area contributed by atoms with Crippen LogP contribution in [0.4, 0.5) is 0 Å². The molecular weight excluding hydrogens is 440 g/mol. The molecule has 156 valence electrons. The third-order valence-corrected chi connectivity index (χ3v) is 8.00. The summed E-state index contributed by atoms with van der Waals surface area (Å²) < 4.78 is 28.0. The number of benzene rings is 2. The van der Waals surface area contributed by atoms with E-state index in [-0.39, 0.29) is 16.8 Å². The number of hydrogen-bond acceptors (Lipinski definition) is 4. The van der Waals surface area contributed by atoms with Crippen LogP contribution in [0.25, 0.3) is 0 Å². The lowest BCUT2D eigenvalue weighted by molar-refractivity contribution is -0.134. The maximum absolute atomic E-state index is 13.4. The Kier molecular flexibility index (Phi) is 5.97. The van der Waals surface area contributed by atoms with Crippen molar-refractivity contribution in [3.8, 4) is 0 Å². The second kappa shape index (κ2) is 8.51. The second-order valence-electron chi connectivity index (χ2n) is 7.19. The molecule has 1 aliphatic heterocycles. The Morgan fingerprint density at radius 1 is 1.13 bits per heavy atom. The molecule has 4 rings (SSSR count). The number of carbonyl (C=O) groups excluding carboxylic acids is 1. The fourth-order valence-corrected chi connectivity index (χ4v) is 5.99. The van der Waals surface area contributed by atoms with Crippen molar-refractivity contribution in [3.63, 3.8) is 0 Å². The number of thiophene rings is 1. The topological polar surface area (TPSA) is 66.5 Å². The molecule has 3 aromatic rings. The van der Waals surface area contributed by atoms with Gasteiger partial charge in [0.15, 0.2) is 0 Å². The van der Waals surface area contributed by atoms with Gasteiger partial charge in [-0.3, -0.25) is 4.79 Å². The summed E-state index contributed by atoms with van der Waals surface area (Å²) in [7, 11) is -3.85. The Bertz CT molecular complexity index is 1140. The molecule has 1 unspecified atom stereocenters. The van der Waals surface area contributed by atoms with E-state index in [0.717, 1.165) is 17.5 Å². The first kappa shape index (κ1) is 21.1. The van der Waals surface area contributed by atoms with E-state index in [1.807, 2.05) is 35.7 Å². The largest absolute Gasteiger partial charge is 0.330 e. The molecule has 1 amide bonds. The molecule has 0 saturated heterocycles. The Balaban J connectivity index is 1.60. The molecule has 5 nitrogen and oxygen atoms in total. The standard InChI is InChI=1S/C22H21ClN2O3S2/c1-15(24-30(27,28)18-9-7-17(23)8-10-18)22(26)25-13-11-20-19(12-14-29-20)21(25)16-5-3-2-4-6-16/h2-10,12,14-15,21,24H,11,13H2,1H3/t15-,21?/m0/s1. The lowest BCUT2D eigenvalue weighted by Gasteiger charge is -2.37. The summed E-state index contributed by atoms with van der Waals surface area (Å²) in [5, 5.41) is 2.49. The average molecular weight is 461 g/mol. The van der Waals surface area contributed by atoms with Crippen molar-refractivity contribution in [2.24, 2.45) is 0 Å². The molecule has 30 heavy (non-hydrogen) atoms. The van der Waals surface area contributed by atoms with E-state index in [9.17, 15) is 13.2 Å². The van der Waals surface area contributed by atoms with E-state index < -0.39 is 16.1 Å². The van der Waals surface area contributed by atoms with Crippen molar-refractivity contribution >= 4 is 38.9 Å². The Morgan fingerprint density at radius 2 is 1.83 bits per heavy atom. The van der Waals surface area contributed by atoms with Gasteiger partial charge < -0.3 is 4.90 Å². The van der Waals surface area contributed by atoms with Crippen LogP contribution in [0.1, 0.15) is 29.0 Å². The number of carbonyl (C=O) groups is 1. The molecule has 1 aliphatic rings. The number of nitrogens with one attached hydrogen (secondary N) is 1. The van der Waals surface area contributed by atoms with E-state index >= 15 is 0 Å². The minimum absolute atomic E-state index is 0.0740. The highest BCUT2D eigenvalue weighted by molar-refractivity contribution is 7.89. The Hall–Kier alpha value is -2.19. The van der Waals surface area contributed by atoms with Crippen molar-refractivity contribution in [1.82, 2.24) is 9.62 Å². The zero-order valence-electron chi connectivity index (χ0n) is 16.3. The van der Waals surface area contributed by atoms with Gasteiger partial charge in [0.2, 0.25) is 15.9 Å². The molecule has 2 heterocycles. The van der Waals surface area contributed by atoms with Gasteiger partial charge >= 0.3 is 0 Å². The van der Waals surface area contributed by atoms with E-state index in [1.165, 1.54) is 29.1 Å². The Labute approximate surface area is 185 Å². The summed E-state index contributed by atoms with van der Waals surface area (Å²) in [6.07, 6.45) is 0.763. The van der Waals surface area contributed by atoms with Crippen LogP contribution in [0.3, 0.4) is 0 Å². The number of nitrogens with zero attached hydrogens (tertiary/aromatic N) is 1. The lowest BCUT2D eigenvalue weighted by Crippen LogP contribution is -2.50. The number of amides is 1. The molecule has 0 bridgehead atoms. The number of fused-ring (bicyclic) bond motifs is 1. The number of hydrogen-bond donors (Lipinski definition) is 1. The summed E-state index contributed by atoms with van der Waals surface area (Å²) in [6.45, 7) is 2.12. The zero-order valence-corrected chi connectivity index (χ0v) is 18.7. The van der Waals surface area contributed by atoms with Crippen molar-refractivity contribution in [2.45, 2.75) is 30.3 Å². The summed E-state index contributed by atoms with van der Waals surface area (Å²) in [5.74, 6) is -0.252. The molecule has 2 atom stereocenters. The van der Waals surface area contributed by atoms with Crippen LogP contribution in [0.2, 0.25) is 5.02 Å². The third kappa shape index (κ3) is 4.16. The minimum Gasteiger partial charge on any atom is -0.330 e. The van der Waals surface area contributed by atoms with E-state index in [4.69, 9.17) is 11.6 Å².